The Bertz CT molecular complexity index is 841. The second-order valence-electron chi connectivity index (χ2n) is 8.20. The summed E-state index contributed by atoms with van der Waals surface area (Å²) >= 11 is 0. The van der Waals surface area contributed by atoms with Crippen LogP contribution in [0.3, 0.4) is 0 Å². The number of oxazole rings is 1. The summed E-state index contributed by atoms with van der Waals surface area (Å²) in [5, 5.41) is 3.67. The largest absolute Gasteiger partial charge is 0.493 e. The predicted molar refractivity (Wildman–Crippen MR) is 121 cm³/mol. The van der Waals surface area contributed by atoms with Gasteiger partial charge in [0.25, 0.3) is 0 Å². The van der Waals surface area contributed by atoms with Crippen LogP contribution in [0.4, 0.5) is 0 Å². The van der Waals surface area contributed by atoms with Gasteiger partial charge in [0.15, 0.2) is 11.5 Å². The second-order valence-corrected chi connectivity index (χ2v) is 8.20. The number of nitrogens with zero attached hydrogens (tertiary/aromatic N) is 1. The number of hydrogen-bond donors (Lipinski definition) is 1. The van der Waals surface area contributed by atoms with Crippen LogP contribution in [-0.2, 0) is 6.42 Å². The van der Waals surface area contributed by atoms with Crippen molar-refractivity contribution in [1.29, 1.82) is 0 Å². The lowest BCUT2D eigenvalue weighted by Gasteiger charge is -2.16. The van der Waals surface area contributed by atoms with Crippen molar-refractivity contribution in [2.45, 2.75) is 71.3 Å². The van der Waals surface area contributed by atoms with Crippen molar-refractivity contribution >= 4 is 0 Å². The summed E-state index contributed by atoms with van der Waals surface area (Å²) < 4.78 is 16.6. The average Bonchev–Trinajstić information content (AvgIpc) is 3.14. The van der Waals surface area contributed by atoms with Crippen molar-refractivity contribution in [2.75, 3.05) is 20.8 Å². The molecule has 0 radical (unpaired) electrons. The number of benzene rings is 1. The molecule has 0 fully saturated rings. The van der Waals surface area contributed by atoms with Crippen molar-refractivity contribution in [3.05, 3.63) is 41.3 Å². The smallest absolute Gasteiger partial charge is 0.226 e. The van der Waals surface area contributed by atoms with E-state index in [1.165, 1.54) is 32.1 Å². The van der Waals surface area contributed by atoms with Crippen LogP contribution in [0.1, 0.15) is 63.3 Å². The van der Waals surface area contributed by atoms with Crippen LogP contribution in [0.2, 0.25) is 0 Å². The van der Waals surface area contributed by atoms with Crippen LogP contribution in [0.5, 0.6) is 11.5 Å². The van der Waals surface area contributed by atoms with E-state index >= 15 is 0 Å². The van der Waals surface area contributed by atoms with Gasteiger partial charge in [-0.2, -0.15) is 0 Å². The molecule has 0 amide bonds. The van der Waals surface area contributed by atoms with E-state index in [4.69, 9.17) is 18.9 Å². The fraction of sp³-hybridized carbons (Fsp3) is 0.560. The molecule has 1 N–H and O–H groups in total. The van der Waals surface area contributed by atoms with E-state index in [-0.39, 0.29) is 0 Å². The number of methoxy groups -OCH3 is 2. The summed E-state index contributed by atoms with van der Waals surface area (Å²) in [7, 11) is 3.27. The molecule has 164 valence electrons. The molecule has 30 heavy (non-hydrogen) atoms. The van der Waals surface area contributed by atoms with Gasteiger partial charge >= 0.3 is 0 Å². The van der Waals surface area contributed by atoms with E-state index in [1.807, 2.05) is 25.1 Å². The van der Waals surface area contributed by atoms with Crippen molar-refractivity contribution in [1.82, 2.24) is 10.3 Å². The van der Waals surface area contributed by atoms with E-state index in [0.29, 0.717) is 23.4 Å². The molecule has 0 spiro atoms. The van der Waals surface area contributed by atoms with Gasteiger partial charge in [-0.05, 0) is 90.0 Å². The topological polar surface area (TPSA) is 56.5 Å². The molecule has 1 unspecified atom stereocenters. The van der Waals surface area contributed by atoms with Crippen molar-refractivity contribution in [3.8, 4) is 23.0 Å². The first-order chi connectivity index (χ1) is 14.6. The summed E-state index contributed by atoms with van der Waals surface area (Å²) in [4.78, 5) is 4.74. The molecule has 3 rings (SSSR count). The lowest BCUT2D eigenvalue weighted by molar-refractivity contribution is 0.355. The third kappa shape index (κ3) is 6.11. The maximum atomic E-state index is 5.93. The molecule has 1 atom stereocenters. The van der Waals surface area contributed by atoms with Crippen molar-refractivity contribution in [2.24, 2.45) is 0 Å². The summed E-state index contributed by atoms with van der Waals surface area (Å²) in [6, 6.07) is 6.25. The summed E-state index contributed by atoms with van der Waals surface area (Å²) in [5.74, 6) is 2.90. The molecular weight excluding hydrogens is 376 g/mol. The zero-order chi connectivity index (χ0) is 21.3. The number of aromatic nitrogens is 1. The van der Waals surface area contributed by atoms with Gasteiger partial charge in [-0.15, -0.1) is 0 Å². The average molecular weight is 413 g/mol. The third-order valence-corrected chi connectivity index (χ3v) is 5.90. The minimum atomic E-state index is 0.520. The Morgan fingerprint density at radius 2 is 1.97 bits per heavy atom. The van der Waals surface area contributed by atoms with E-state index in [0.717, 1.165) is 42.8 Å². The quantitative estimate of drug-likeness (QED) is 0.469. The minimum absolute atomic E-state index is 0.520. The zero-order valence-electron chi connectivity index (χ0n) is 18.9. The fourth-order valence-corrected chi connectivity index (χ4v) is 4.04. The van der Waals surface area contributed by atoms with Gasteiger partial charge in [-0.25, -0.2) is 4.98 Å². The highest BCUT2D eigenvalue weighted by Gasteiger charge is 2.14. The lowest BCUT2D eigenvalue weighted by Crippen LogP contribution is -2.27. The molecule has 0 saturated heterocycles. The normalized spacial score (nSPS) is 15.0. The molecule has 1 aromatic heterocycles. The molecule has 5 heteroatoms. The van der Waals surface area contributed by atoms with Crippen LogP contribution in [0.25, 0.3) is 11.5 Å². The third-order valence-electron chi connectivity index (χ3n) is 5.90. The molecular formula is C25H36N2O3. The van der Waals surface area contributed by atoms with Gasteiger partial charge < -0.3 is 19.2 Å². The Balaban J connectivity index is 1.47. The number of nitrogens with one attached hydrogen (secondary N) is 1. The maximum absolute atomic E-state index is 5.93. The Morgan fingerprint density at radius 3 is 2.70 bits per heavy atom. The highest BCUT2D eigenvalue weighted by molar-refractivity contribution is 5.60. The van der Waals surface area contributed by atoms with E-state index in [9.17, 15) is 0 Å². The zero-order valence-corrected chi connectivity index (χ0v) is 18.9. The number of ether oxygens (including phenoxy) is 2. The number of allylic oxidation sites excluding steroid dienone is 1. The molecule has 5 nitrogen and oxygen atoms in total. The van der Waals surface area contributed by atoms with E-state index in [1.54, 1.807) is 19.8 Å². The minimum Gasteiger partial charge on any atom is -0.493 e. The fourth-order valence-electron chi connectivity index (χ4n) is 4.04. The highest BCUT2D eigenvalue weighted by atomic mass is 16.5. The Morgan fingerprint density at radius 1 is 1.13 bits per heavy atom. The van der Waals surface area contributed by atoms with Gasteiger partial charge in [0.1, 0.15) is 5.76 Å². The Kier molecular flexibility index (Phi) is 8.38. The van der Waals surface area contributed by atoms with Crippen molar-refractivity contribution < 1.29 is 13.9 Å². The molecule has 1 aliphatic carbocycles. The van der Waals surface area contributed by atoms with Gasteiger partial charge in [0.05, 0.1) is 19.9 Å². The first kappa shape index (κ1) is 22.4. The number of aryl methyl sites for hydroxylation is 2. The first-order valence-electron chi connectivity index (χ1n) is 11.2. The predicted octanol–water partition coefficient (Wildman–Crippen LogP) is 5.86. The number of hydrogen-bond acceptors (Lipinski definition) is 5. The standard InChI is InChI=1S/C25H36N2O3/c1-18(26-16-15-20-10-6-5-7-11-20)9-8-12-22-19(2)30-25(27-22)21-13-14-23(28-3)24(17-21)29-4/h10,13-14,17-18,26H,5-9,11-12,15-16H2,1-4H3. The molecule has 1 heterocycles. The van der Waals surface area contributed by atoms with Crippen LogP contribution < -0.4 is 14.8 Å². The van der Waals surface area contributed by atoms with Gasteiger partial charge in [-0.1, -0.05) is 11.6 Å². The van der Waals surface area contributed by atoms with Crippen LogP contribution in [0, 0.1) is 6.92 Å². The van der Waals surface area contributed by atoms with E-state index < -0.39 is 0 Å². The summed E-state index contributed by atoms with van der Waals surface area (Å²) in [6.45, 7) is 5.35. The van der Waals surface area contributed by atoms with E-state index in [2.05, 4.69) is 18.3 Å². The highest BCUT2D eigenvalue weighted by Crippen LogP contribution is 2.32. The molecule has 0 aliphatic heterocycles. The summed E-state index contributed by atoms with van der Waals surface area (Å²) in [6.07, 6.45) is 12.1. The molecule has 2 aromatic rings. The Labute approximate surface area is 180 Å². The molecule has 1 aliphatic rings. The van der Waals surface area contributed by atoms with Gasteiger partial charge in [0.2, 0.25) is 5.89 Å². The van der Waals surface area contributed by atoms with Gasteiger partial charge in [0, 0.05) is 11.6 Å². The SMILES string of the molecule is COc1ccc(-c2nc(CCCC(C)NCCC3=CCCCC3)c(C)o2)cc1OC. The van der Waals surface area contributed by atoms with Crippen LogP contribution in [0.15, 0.2) is 34.3 Å². The van der Waals surface area contributed by atoms with Gasteiger partial charge in [-0.3, -0.25) is 0 Å². The monoisotopic (exact) mass is 412 g/mol. The second kappa shape index (κ2) is 11.2. The molecule has 0 bridgehead atoms. The molecule has 0 saturated carbocycles. The molecule has 1 aromatic carbocycles. The van der Waals surface area contributed by atoms with Crippen LogP contribution >= 0.6 is 0 Å². The number of rotatable bonds is 11. The maximum Gasteiger partial charge on any atom is 0.226 e. The lowest BCUT2D eigenvalue weighted by atomic mass is 9.97. The Hall–Kier alpha value is -2.27. The summed E-state index contributed by atoms with van der Waals surface area (Å²) in [5.41, 5.74) is 3.58. The van der Waals surface area contributed by atoms with Crippen molar-refractivity contribution in [3.63, 3.8) is 0 Å². The van der Waals surface area contributed by atoms with Crippen LogP contribution in [-0.4, -0.2) is 31.8 Å². The first-order valence-corrected chi connectivity index (χ1v) is 11.2.